The van der Waals surface area contributed by atoms with Crippen LogP contribution in [0, 0.1) is 10.1 Å². The van der Waals surface area contributed by atoms with Gasteiger partial charge in [0.25, 0.3) is 5.92 Å². The van der Waals surface area contributed by atoms with Crippen LogP contribution in [0.1, 0.15) is 5.56 Å². The van der Waals surface area contributed by atoms with Crippen molar-refractivity contribution in [2.75, 3.05) is 6.54 Å². The van der Waals surface area contributed by atoms with Gasteiger partial charge in [-0.2, -0.15) is 8.78 Å². The molecule has 1 aromatic rings. The molecule has 0 aromatic carbocycles. The van der Waals surface area contributed by atoms with Crippen molar-refractivity contribution in [2.24, 2.45) is 5.73 Å². The molecule has 0 spiro atoms. The maximum absolute atomic E-state index is 12.8. The van der Waals surface area contributed by atoms with Gasteiger partial charge in [-0.05, 0) is 4.92 Å². The Balaban J connectivity index is 3.14. The SMILES string of the molecule is NCC(F)(F)c1cn[nH]c1[N+](=O)[O-]. The molecule has 0 unspecified atom stereocenters. The molecule has 8 heteroatoms. The molecule has 0 radical (unpaired) electrons. The van der Waals surface area contributed by atoms with Crippen LogP contribution < -0.4 is 5.73 Å². The zero-order chi connectivity index (χ0) is 10.1. The lowest BCUT2D eigenvalue weighted by Gasteiger charge is -2.10. The zero-order valence-corrected chi connectivity index (χ0v) is 6.33. The van der Waals surface area contributed by atoms with Crippen molar-refractivity contribution < 1.29 is 13.7 Å². The molecule has 1 rings (SSSR count). The van der Waals surface area contributed by atoms with Gasteiger partial charge >= 0.3 is 5.82 Å². The number of nitrogens with one attached hydrogen (secondary N) is 1. The minimum atomic E-state index is -3.42. The maximum Gasteiger partial charge on any atom is 0.351 e. The molecule has 0 saturated heterocycles. The van der Waals surface area contributed by atoms with Gasteiger partial charge in [-0.3, -0.25) is 0 Å². The van der Waals surface area contributed by atoms with Gasteiger partial charge in [0.15, 0.2) is 0 Å². The fraction of sp³-hybridized carbons (Fsp3) is 0.400. The van der Waals surface area contributed by atoms with Crippen molar-refractivity contribution in [1.82, 2.24) is 10.2 Å². The highest BCUT2D eigenvalue weighted by atomic mass is 19.3. The van der Waals surface area contributed by atoms with E-state index in [1.54, 1.807) is 0 Å². The maximum atomic E-state index is 12.8. The van der Waals surface area contributed by atoms with E-state index in [1.165, 1.54) is 0 Å². The normalized spacial score (nSPS) is 11.6. The summed E-state index contributed by atoms with van der Waals surface area (Å²) < 4.78 is 25.7. The van der Waals surface area contributed by atoms with Crippen LogP contribution in [-0.2, 0) is 5.92 Å². The number of nitrogens with zero attached hydrogens (tertiary/aromatic N) is 2. The van der Waals surface area contributed by atoms with E-state index in [9.17, 15) is 18.9 Å². The summed E-state index contributed by atoms with van der Waals surface area (Å²) in [6, 6.07) is 0. The predicted octanol–water partition coefficient (Wildman–Crippen LogP) is 0.368. The van der Waals surface area contributed by atoms with Crippen molar-refractivity contribution in [3.8, 4) is 0 Å². The number of alkyl halides is 2. The molecule has 0 saturated carbocycles. The topological polar surface area (TPSA) is 97.8 Å². The minimum absolute atomic E-state index is 0.699. The minimum Gasteiger partial charge on any atom is -0.358 e. The van der Waals surface area contributed by atoms with Gasteiger partial charge in [0.2, 0.25) is 0 Å². The molecule has 1 aromatic heterocycles. The van der Waals surface area contributed by atoms with Gasteiger partial charge < -0.3 is 15.8 Å². The number of hydrogen-bond donors (Lipinski definition) is 2. The van der Waals surface area contributed by atoms with E-state index in [-0.39, 0.29) is 0 Å². The number of aromatic amines is 1. The fourth-order valence-corrected chi connectivity index (χ4v) is 0.796. The molecule has 3 N–H and O–H groups in total. The molecule has 0 bridgehead atoms. The first-order chi connectivity index (χ1) is 5.99. The Morgan fingerprint density at radius 3 is 2.85 bits per heavy atom. The van der Waals surface area contributed by atoms with E-state index in [2.05, 4.69) is 5.10 Å². The third kappa shape index (κ3) is 1.61. The average molecular weight is 192 g/mol. The van der Waals surface area contributed by atoms with Crippen LogP contribution in [0.15, 0.2) is 6.20 Å². The summed E-state index contributed by atoms with van der Waals surface area (Å²) in [5.74, 6) is -4.24. The first-order valence-corrected chi connectivity index (χ1v) is 3.25. The Hall–Kier alpha value is -1.57. The molecule has 13 heavy (non-hydrogen) atoms. The van der Waals surface area contributed by atoms with E-state index < -0.39 is 28.8 Å². The quantitative estimate of drug-likeness (QED) is 0.533. The van der Waals surface area contributed by atoms with Gasteiger partial charge in [-0.15, -0.1) is 5.10 Å². The highest BCUT2D eigenvalue weighted by molar-refractivity contribution is 5.33. The van der Waals surface area contributed by atoms with E-state index in [4.69, 9.17) is 5.73 Å². The Morgan fingerprint density at radius 1 is 1.77 bits per heavy atom. The average Bonchev–Trinajstić information content (AvgIpc) is 2.52. The number of hydrogen-bond acceptors (Lipinski definition) is 4. The second-order valence-corrected chi connectivity index (χ2v) is 2.30. The van der Waals surface area contributed by atoms with Crippen LogP contribution in [-0.4, -0.2) is 21.7 Å². The number of H-pyrrole nitrogens is 1. The smallest absolute Gasteiger partial charge is 0.351 e. The van der Waals surface area contributed by atoms with Crippen molar-refractivity contribution in [3.05, 3.63) is 21.9 Å². The summed E-state index contributed by atoms with van der Waals surface area (Å²) in [5.41, 5.74) is 3.96. The second-order valence-electron chi connectivity index (χ2n) is 2.30. The third-order valence-corrected chi connectivity index (χ3v) is 1.45. The standard InChI is InChI=1S/C5H6F2N4O2/c6-5(7,2-8)3-1-9-10-4(3)11(12)13/h1H,2,8H2,(H,9,10). The molecule has 6 nitrogen and oxygen atoms in total. The largest absolute Gasteiger partial charge is 0.358 e. The Bertz CT molecular complexity index is 324. The Morgan fingerprint density at radius 2 is 2.38 bits per heavy atom. The molecule has 1 heterocycles. The van der Waals surface area contributed by atoms with Crippen LogP contribution in [0.5, 0.6) is 0 Å². The van der Waals surface area contributed by atoms with E-state index >= 15 is 0 Å². The number of nitro groups is 1. The first-order valence-electron chi connectivity index (χ1n) is 3.25. The summed E-state index contributed by atoms with van der Waals surface area (Å²) in [4.78, 5) is 9.24. The summed E-state index contributed by atoms with van der Waals surface area (Å²) in [7, 11) is 0. The number of rotatable bonds is 3. The van der Waals surface area contributed by atoms with Gasteiger partial charge in [0.05, 0.1) is 12.7 Å². The highest BCUT2D eigenvalue weighted by Gasteiger charge is 2.38. The van der Waals surface area contributed by atoms with E-state index in [0.29, 0.717) is 6.20 Å². The van der Waals surface area contributed by atoms with Gasteiger partial charge in [0, 0.05) is 0 Å². The molecule has 0 aliphatic carbocycles. The fourth-order valence-electron chi connectivity index (χ4n) is 0.796. The number of halogens is 2. The lowest BCUT2D eigenvalue weighted by molar-refractivity contribution is -0.391. The van der Waals surface area contributed by atoms with E-state index in [1.807, 2.05) is 5.10 Å². The lowest BCUT2D eigenvalue weighted by atomic mass is 10.2. The van der Waals surface area contributed by atoms with Gasteiger partial charge in [0.1, 0.15) is 5.56 Å². The summed E-state index contributed by atoms with van der Waals surface area (Å²) in [6.45, 7) is -0.993. The number of aromatic nitrogens is 2. The third-order valence-electron chi connectivity index (χ3n) is 1.45. The molecule has 72 valence electrons. The van der Waals surface area contributed by atoms with Crippen molar-refractivity contribution in [3.63, 3.8) is 0 Å². The van der Waals surface area contributed by atoms with Gasteiger partial charge in [-0.1, -0.05) is 5.10 Å². The first kappa shape index (κ1) is 9.52. The Labute approximate surface area is 70.9 Å². The summed E-state index contributed by atoms with van der Waals surface area (Å²) in [6.07, 6.45) is 0.699. The molecule has 0 aliphatic rings. The zero-order valence-electron chi connectivity index (χ0n) is 6.33. The van der Waals surface area contributed by atoms with Gasteiger partial charge in [-0.25, -0.2) is 0 Å². The van der Waals surface area contributed by atoms with Crippen molar-refractivity contribution >= 4 is 5.82 Å². The molecular weight excluding hydrogens is 186 g/mol. The van der Waals surface area contributed by atoms with Crippen LogP contribution >= 0.6 is 0 Å². The highest BCUT2D eigenvalue weighted by Crippen LogP contribution is 2.31. The second kappa shape index (κ2) is 3.05. The molecule has 0 fully saturated rings. The van der Waals surface area contributed by atoms with E-state index in [0.717, 1.165) is 0 Å². The van der Waals surface area contributed by atoms with Crippen molar-refractivity contribution in [2.45, 2.75) is 5.92 Å². The van der Waals surface area contributed by atoms with Crippen LogP contribution in [0.25, 0.3) is 0 Å². The summed E-state index contributed by atoms with van der Waals surface area (Å²) >= 11 is 0. The monoisotopic (exact) mass is 192 g/mol. The Kier molecular flexibility index (Phi) is 2.24. The molecule has 0 aliphatic heterocycles. The number of nitrogens with two attached hydrogens (primary N) is 1. The lowest BCUT2D eigenvalue weighted by Crippen LogP contribution is -2.25. The predicted molar refractivity (Wildman–Crippen MR) is 38.2 cm³/mol. The summed E-state index contributed by atoms with van der Waals surface area (Å²) in [5, 5.41) is 15.2. The van der Waals surface area contributed by atoms with Crippen molar-refractivity contribution in [1.29, 1.82) is 0 Å². The van der Waals surface area contributed by atoms with Crippen LogP contribution in [0.2, 0.25) is 0 Å². The molecular formula is C5H6F2N4O2. The van der Waals surface area contributed by atoms with Crippen LogP contribution in [0.3, 0.4) is 0 Å². The molecule has 0 atom stereocenters. The van der Waals surface area contributed by atoms with Crippen LogP contribution in [0.4, 0.5) is 14.6 Å². The molecule has 0 amide bonds.